The average molecular weight is 478 g/mol. The zero-order valence-electron chi connectivity index (χ0n) is 17.3. The van der Waals surface area contributed by atoms with Crippen LogP contribution in [0.5, 0.6) is 11.6 Å². The van der Waals surface area contributed by atoms with Crippen LogP contribution in [-0.4, -0.2) is 17.8 Å². The van der Waals surface area contributed by atoms with E-state index in [0.717, 1.165) is 6.08 Å². The number of sulfone groups is 1. The highest BCUT2D eigenvalue weighted by Gasteiger charge is 2.23. The molecule has 7 nitrogen and oxygen atoms in total. The van der Waals surface area contributed by atoms with Gasteiger partial charge in [-0.2, -0.15) is 10.2 Å². The molecule has 164 valence electrons. The molecule has 0 amide bonds. The van der Waals surface area contributed by atoms with Crippen LogP contribution in [0.1, 0.15) is 11.1 Å². The van der Waals surface area contributed by atoms with Gasteiger partial charge in [0, 0.05) is 11.2 Å². The van der Waals surface area contributed by atoms with Crippen molar-refractivity contribution in [1.29, 1.82) is 5.26 Å². The fraction of sp³-hybridized carbons (Fsp3) is 0.0417. The van der Waals surface area contributed by atoms with Crippen LogP contribution in [0.25, 0.3) is 11.7 Å². The van der Waals surface area contributed by atoms with Gasteiger partial charge < -0.3 is 4.74 Å². The van der Waals surface area contributed by atoms with Gasteiger partial charge in [0.1, 0.15) is 27.9 Å². The van der Waals surface area contributed by atoms with Crippen molar-refractivity contribution < 1.29 is 13.2 Å². The van der Waals surface area contributed by atoms with E-state index >= 15 is 0 Å². The first kappa shape index (κ1) is 22.3. The van der Waals surface area contributed by atoms with E-state index in [1.165, 1.54) is 22.7 Å². The molecule has 2 aromatic carbocycles. The Bertz CT molecular complexity index is 1590. The van der Waals surface area contributed by atoms with E-state index in [-0.39, 0.29) is 16.3 Å². The van der Waals surface area contributed by atoms with Gasteiger partial charge in [-0.3, -0.25) is 9.20 Å². The zero-order valence-corrected chi connectivity index (χ0v) is 18.8. The van der Waals surface area contributed by atoms with Gasteiger partial charge in [0.2, 0.25) is 15.7 Å². The van der Waals surface area contributed by atoms with E-state index in [0.29, 0.717) is 22.0 Å². The summed E-state index contributed by atoms with van der Waals surface area (Å²) in [6.45, 7) is 1.78. The third kappa shape index (κ3) is 4.37. The van der Waals surface area contributed by atoms with Gasteiger partial charge >= 0.3 is 0 Å². The lowest BCUT2D eigenvalue weighted by Crippen LogP contribution is -2.20. The summed E-state index contributed by atoms with van der Waals surface area (Å²) in [6.07, 6.45) is 2.51. The van der Waals surface area contributed by atoms with Gasteiger partial charge in [-0.1, -0.05) is 35.9 Å². The predicted octanol–water partition coefficient (Wildman–Crippen LogP) is 4.79. The van der Waals surface area contributed by atoms with Crippen molar-refractivity contribution in [1.82, 2.24) is 9.38 Å². The molecule has 0 aliphatic heterocycles. The predicted molar refractivity (Wildman–Crippen MR) is 125 cm³/mol. The third-order valence-corrected chi connectivity index (χ3v) is 6.74. The Kier molecular flexibility index (Phi) is 6.01. The average Bonchev–Trinajstić information content (AvgIpc) is 2.81. The number of nitriles is 1. The molecule has 0 saturated carbocycles. The van der Waals surface area contributed by atoms with Gasteiger partial charge in [0.15, 0.2) is 0 Å². The van der Waals surface area contributed by atoms with Crippen LogP contribution in [0.15, 0.2) is 87.5 Å². The number of fused-ring (bicyclic) bond motifs is 1. The van der Waals surface area contributed by atoms with Crippen molar-refractivity contribution in [2.45, 2.75) is 11.8 Å². The molecular weight excluding hydrogens is 462 g/mol. The molecule has 2 aromatic heterocycles. The highest BCUT2D eigenvalue weighted by molar-refractivity contribution is 7.95. The smallest absolute Gasteiger partial charge is 0.269 e. The molecule has 0 saturated heterocycles. The molecule has 0 spiro atoms. The Balaban J connectivity index is 1.97. The number of nitrogens with zero attached hydrogens (tertiary/aromatic N) is 3. The van der Waals surface area contributed by atoms with Crippen LogP contribution in [0.3, 0.4) is 0 Å². The van der Waals surface area contributed by atoms with E-state index in [4.69, 9.17) is 16.3 Å². The summed E-state index contributed by atoms with van der Waals surface area (Å²) in [5, 5.41) is 10.2. The molecule has 0 atom stereocenters. The number of allylic oxidation sites excluding steroid dienone is 1. The Morgan fingerprint density at radius 2 is 1.79 bits per heavy atom. The number of hydrogen-bond donors (Lipinski definition) is 0. The Labute approximate surface area is 194 Å². The number of aryl methyl sites for hydroxylation is 1. The van der Waals surface area contributed by atoms with E-state index in [1.807, 2.05) is 0 Å². The maximum Gasteiger partial charge on any atom is 0.269 e. The maximum absolute atomic E-state index is 13.3. The molecule has 0 unspecified atom stereocenters. The first-order valence-corrected chi connectivity index (χ1v) is 11.5. The van der Waals surface area contributed by atoms with Crippen LogP contribution < -0.4 is 10.3 Å². The van der Waals surface area contributed by atoms with Gasteiger partial charge in [-0.05, 0) is 61.0 Å². The topological polar surface area (TPSA) is 102 Å². The summed E-state index contributed by atoms with van der Waals surface area (Å²) < 4.78 is 33.2. The summed E-state index contributed by atoms with van der Waals surface area (Å²) in [5.41, 5.74) is 0.296. The summed E-state index contributed by atoms with van der Waals surface area (Å²) in [6, 6.07) is 19.0. The molecular formula is C24H16ClN3O4S. The number of ether oxygens (including phenoxy) is 1. The van der Waals surface area contributed by atoms with Crippen molar-refractivity contribution in [3.63, 3.8) is 0 Å². The standard InChI is InChI=1S/C24H16ClN3O4S/c1-16-6-5-13-28-22(16)27-23(32-18-11-9-17(25)10-12-18)21(24(28)29)14-20(15-26)33(30,31)19-7-3-2-4-8-19/h2-14H,1H3/b20-14+. The van der Waals surface area contributed by atoms with Crippen LogP contribution in [0, 0.1) is 18.3 Å². The molecule has 0 aliphatic carbocycles. The SMILES string of the molecule is Cc1cccn2c(=O)c(/C=C(\C#N)S(=O)(=O)c3ccccc3)c(Oc3ccc(Cl)cc3)nc12. The largest absolute Gasteiger partial charge is 0.438 e. The van der Waals surface area contributed by atoms with Crippen LogP contribution in [0.2, 0.25) is 5.02 Å². The monoisotopic (exact) mass is 477 g/mol. The Hall–Kier alpha value is -3.93. The highest BCUT2D eigenvalue weighted by Crippen LogP contribution is 2.28. The van der Waals surface area contributed by atoms with Gasteiger partial charge in [-0.25, -0.2) is 8.42 Å². The summed E-state index contributed by atoms with van der Waals surface area (Å²) in [7, 11) is -4.17. The molecule has 0 aliphatic rings. The minimum Gasteiger partial charge on any atom is -0.438 e. The first-order chi connectivity index (χ1) is 15.8. The van der Waals surface area contributed by atoms with Crippen molar-refractivity contribution in [2.75, 3.05) is 0 Å². The summed E-state index contributed by atoms with van der Waals surface area (Å²) >= 11 is 5.93. The van der Waals surface area contributed by atoms with Crippen LogP contribution in [0.4, 0.5) is 0 Å². The number of rotatable bonds is 5. The third-order valence-electron chi connectivity index (χ3n) is 4.81. The maximum atomic E-state index is 13.3. The van der Waals surface area contributed by atoms with Crippen molar-refractivity contribution in [3.8, 4) is 17.7 Å². The van der Waals surface area contributed by atoms with Crippen molar-refractivity contribution >= 4 is 33.2 Å². The minimum absolute atomic E-state index is 0.0670. The number of halogens is 1. The van der Waals surface area contributed by atoms with Gasteiger partial charge in [0.25, 0.3) is 5.56 Å². The fourth-order valence-corrected chi connectivity index (χ4v) is 4.42. The molecule has 0 radical (unpaired) electrons. The second-order valence-electron chi connectivity index (χ2n) is 7.01. The first-order valence-electron chi connectivity index (χ1n) is 9.68. The van der Waals surface area contributed by atoms with Crippen LogP contribution >= 0.6 is 11.6 Å². The lowest BCUT2D eigenvalue weighted by molar-refractivity contribution is 0.461. The molecule has 4 aromatic rings. The van der Waals surface area contributed by atoms with Gasteiger partial charge in [0.05, 0.1) is 4.90 Å². The minimum atomic E-state index is -4.17. The summed E-state index contributed by atoms with van der Waals surface area (Å²) in [5.74, 6) is 0.205. The van der Waals surface area contributed by atoms with Crippen LogP contribution in [-0.2, 0) is 9.84 Å². The highest BCUT2D eigenvalue weighted by atomic mass is 35.5. The van der Waals surface area contributed by atoms with E-state index in [9.17, 15) is 18.5 Å². The number of benzene rings is 2. The molecule has 4 rings (SSSR count). The van der Waals surface area contributed by atoms with Gasteiger partial charge in [-0.15, -0.1) is 0 Å². The lowest BCUT2D eigenvalue weighted by atomic mass is 10.2. The van der Waals surface area contributed by atoms with E-state index in [2.05, 4.69) is 4.98 Å². The number of hydrogen-bond acceptors (Lipinski definition) is 6. The molecule has 0 fully saturated rings. The zero-order chi connectivity index (χ0) is 23.6. The fourth-order valence-electron chi connectivity index (χ4n) is 3.14. The quantitative estimate of drug-likeness (QED) is 0.383. The number of aromatic nitrogens is 2. The van der Waals surface area contributed by atoms with Crippen molar-refractivity contribution in [2.24, 2.45) is 0 Å². The van der Waals surface area contributed by atoms with E-state index in [1.54, 1.807) is 67.6 Å². The Morgan fingerprint density at radius 1 is 1.09 bits per heavy atom. The van der Waals surface area contributed by atoms with Crippen molar-refractivity contribution in [3.05, 3.63) is 104 Å². The lowest BCUT2D eigenvalue weighted by Gasteiger charge is -2.11. The van der Waals surface area contributed by atoms with E-state index < -0.39 is 20.3 Å². The molecule has 33 heavy (non-hydrogen) atoms. The second kappa shape index (κ2) is 8.90. The number of pyridine rings is 1. The molecule has 0 bridgehead atoms. The summed E-state index contributed by atoms with van der Waals surface area (Å²) in [4.78, 5) is 17.1. The Morgan fingerprint density at radius 3 is 2.45 bits per heavy atom. The molecule has 2 heterocycles. The normalized spacial score (nSPS) is 11.8. The molecule has 0 N–H and O–H groups in total. The second-order valence-corrected chi connectivity index (χ2v) is 9.37. The molecule has 9 heteroatoms.